The average Bonchev–Trinajstić information content (AvgIpc) is 3.03. The standard InChI is InChI=1S/C24H32N2O4/c1-14(27)18-12-16(24(2,3)4)13-20(22(18)30-6)26-23(28)25-19-11-15-9-7-8-10-17(15)21(19)29-5/h7-10,12-14,19,21,27H,11H2,1-6H3,(H2,25,26,28)/t14-,19+,21-/m0/s1. The van der Waals surface area contributed by atoms with Crippen LogP contribution in [0, 0.1) is 0 Å². The summed E-state index contributed by atoms with van der Waals surface area (Å²) in [7, 11) is 3.19. The molecule has 0 saturated carbocycles. The van der Waals surface area contributed by atoms with Crippen LogP contribution in [0.15, 0.2) is 36.4 Å². The van der Waals surface area contributed by atoms with E-state index in [4.69, 9.17) is 9.47 Å². The van der Waals surface area contributed by atoms with Crippen LogP contribution in [0.4, 0.5) is 10.5 Å². The Bertz CT molecular complexity index is 918. The molecular weight excluding hydrogens is 380 g/mol. The fourth-order valence-electron chi connectivity index (χ4n) is 4.02. The number of urea groups is 1. The number of methoxy groups -OCH3 is 2. The zero-order valence-corrected chi connectivity index (χ0v) is 18.6. The first-order chi connectivity index (χ1) is 14.2. The van der Waals surface area contributed by atoms with Gasteiger partial charge in [-0.2, -0.15) is 0 Å². The van der Waals surface area contributed by atoms with E-state index in [0.29, 0.717) is 23.4 Å². The second-order valence-electron chi connectivity index (χ2n) is 8.84. The second kappa shape index (κ2) is 8.66. The van der Waals surface area contributed by atoms with Crippen LogP contribution in [0.2, 0.25) is 0 Å². The van der Waals surface area contributed by atoms with E-state index in [-0.39, 0.29) is 23.6 Å². The first-order valence-electron chi connectivity index (χ1n) is 10.2. The second-order valence-corrected chi connectivity index (χ2v) is 8.84. The van der Waals surface area contributed by atoms with Crippen molar-refractivity contribution < 1.29 is 19.4 Å². The molecule has 162 valence electrons. The number of aliphatic hydroxyl groups is 1. The molecule has 0 heterocycles. The van der Waals surface area contributed by atoms with Crippen molar-refractivity contribution in [1.29, 1.82) is 0 Å². The predicted octanol–water partition coefficient (Wildman–Crippen LogP) is 4.48. The highest BCUT2D eigenvalue weighted by Gasteiger charge is 2.33. The monoisotopic (exact) mass is 412 g/mol. The zero-order chi connectivity index (χ0) is 22.1. The lowest BCUT2D eigenvalue weighted by molar-refractivity contribution is 0.0817. The summed E-state index contributed by atoms with van der Waals surface area (Å²) in [5.74, 6) is 0.464. The molecule has 30 heavy (non-hydrogen) atoms. The predicted molar refractivity (Wildman–Crippen MR) is 118 cm³/mol. The maximum absolute atomic E-state index is 12.9. The molecule has 0 saturated heterocycles. The largest absolute Gasteiger partial charge is 0.494 e. The van der Waals surface area contributed by atoms with E-state index in [1.165, 1.54) is 12.7 Å². The summed E-state index contributed by atoms with van der Waals surface area (Å²) in [5.41, 5.74) is 4.30. The molecule has 3 rings (SSSR count). The number of aliphatic hydroxyl groups excluding tert-OH is 1. The molecule has 2 aromatic carbocycles. The summed E-state index contributed by atoms with van der Waals surface area (Å²) >= 11 is 0. The van der Waals surface area contributed by atoms with Crippen LogP contribution < -0.4 is 15.4 Å². The number of ether oxygens (including phenoxy) is 2. The van der Waals surface area contributed by atoms with Gasteiger partial charge in [0.1, 0.15) is 11.9 Å². The summed E-state index contributed by atoms with van der Waals surface area (Å²) in [5, 5.41) is 16.2. The van der Waals surface area contributed by atoms with E-state index in [1.807, 2.05) is 30.3 Å². The molecule has 0 spiro atoms. The van der Waals surface area contributed by atoms with E-state index in [2.05, 4.69) is 37.5 Å². The topological polar surface area (TPSA) is 79.8 Å². The highest BCUT2D eigenvalue weighted by Crippen LogP contribution is 2.38. The van der Waals surface area contributed by atoms with Gasteiger partial charge in [0.25, 0.3) is 0 Å². The van der Waals surface area contributed by atoms with Crippen molar-refractivity contribution in [1.82, 2.24) is 5.32 Å². The van der Waals surface area contributed by atoms with Gasteiger partial charge in [-0.15, -0.1) is 0 Å². The maximum atomic E-state index is 12.9. The highest BCUT2D eigenvalue weighted by atomic mass is 16.5. The minimum absolute atomic E-state index is 0.156. The molecule has 1 aliphatic carbocycles. The molecule has 0 aliphatic heterocycles. The molecule has 0 unspecified atom stereocenters. The molecule has 0 fully saturated rings. The molecule has 0 aromatic heterocycles. The number of hydrogen-bond acceptors (Lipinski definition) is 4. The van der Waals surface area contributed by atoms with Crippen LogP contribution in [-0.4, -0.2) is 31.4 Å². The highest BCUT2D eigenvalue weighted by molar-refractivity contribution is 5.92. The fraction of sp³-hybridized carbons (Fsp3) is 0.458. The fourth-order valence-corrected chi connectivity index (χ4v) is 4.02. The average molecular weight is 413 g/mol. The van der Waals surface area contributed by atoms with Gasteiger partial charge >= 0.3 is 6.03 Å². The van der Waals surface area contributed by atoms with Gasteiger partial charge in [-0.05, 0) is 47.6 Å². The minimum Gasteiger partial charge on any atom is -0.494 e. The Labute approximate surface area is 178 Å². The van der Waals surface area contributed by atoms with Crippen LogP contribution in [0.1, 0.15) is 62.2 Å². The number of carbonyl (C=O) groups is 1. The summed E-state index contributed by atoms with van der Waals surface area (Å²) in [6, 6.07) is 11.4. The van der Waals surface area contributed by atoms with Crippen molar-refractivity contribution in [2.75, 3.05) is 19.5 Å². The van der Waals surface area contributed by atoms with Crippen molar-refractivity contribution in [3.8, 4) is 5.75 Å². The van der Waals surface area contributed by atoms with Crippen LogP contribution in [-0.2, 0) is 16.6 Å². The molecule has 0 bridgehead atoms. The Morgan fingerprint density at radius 1 is 1.20 bits per heavy atom. The van der Waals surface area contributed by atoms with Crippen molar-refractivity contribution in [3.05, 3.63) is 58.7 Å². The summed E-state index contributed by atoms with van der Waals surface area (Å²) < 4.78 is 11.2. The number of hydrogen-bond donors (Lipinski definition) is 3. The van der Waals surface area contributed by atoms with Gasteiger partial charge < -0.3 is 25.2 Å². The molecule has 2 amide bonds. The van der Waals surface area contributed by atoms with Crippen LogP contribution in [0.25, 0.3) is 0 Å². The van der Waals surface area contributed by atoms with Gasteiger partial charge in [0.15, 0.2) is 0 Å². The zero-order valence-electron chi connectivity index (χ0n) is 18.6. The van der Waals surface area contributed by atoms with Gasteiger partial charge in [-0.3, -0.25) is 0 Å². The van der Waals surface area contributed by atoms with E-state index >= 15 is 0 Å². The van der Waals surface area contributed by atoms with Crippen molar-refractivity contribution in [2.45, 2.75) is 57.8 Å². The number of benzene rings is 2. The third-order valence-electron chi connectivity index (χ3n) is 5.62. The lowest BCUT2D eigenvalue weighted by atomic mass is 9.85. The Hall–Kier alpha value is -2.57. The molecule has 6 heteroatoms. The van der Waals surface area contributed by atoms with Gasteiger partial charge in [0.05, 0.1) is 24.9 Å². The number of rotatable bonds is 5. The summed E-state index contributed by atoms with van der Waals surface area (Å²) in [6.07, 6.45) is -0.212. The quantitative estimate of drug-likeness (QED) is 0.676. The van der Waals surface area contributed by atoms with Gasteiger partial charge in [0.2, 0.25) is 0 Å². The van der Waals surface area contributed by atoms with Crippen LogP contribution in [0.3, 0.4) is 0 Å². The van der Waals surface area contributed by atoms with Gasteiger partial charge in [-0.25, -0.2) is 4.79 Å². The first-order valence-corrected chi connectivity index (χ1v) is 10.2. The minimum atomic E-state index is -0.729. The Morgan fingerprint density at radius 2 is 1.90 bits per heavy atom. The number of amides is 2. The normalized spacial score (nSPS) is 19.2. The van der Waals surface area contributed by atoms with Gasteiger partial charge in [0, 0.05) is 12.7 Å². The summed E-state index contributed by atoms with van der Waals surface area (Å²) in [6.45, 7) is 7.95. The Morgan fingerprint density at radius 3 is 2.50 bits per heavy atom. The van der Waals surface area contributed by atoms with E-state index in [1.54, 1.807) is 14.0 Å². The third-order valence-corrected chi connectivity index (χ3v) is 5.62. The SMILES string of the molecule is COc1c(NC(=O)N[C@@H]2Cc3ccccc3[C@@H]2OC)cc(C(C)(C)C)cc1[C@H](C)O. The third kappa shape index (κ3) is 4.45. The summed E-state index contributed by atoms with van der Waals surface area (Å²) in [4.78, 5) is 12.9. The lowest BCUT2D eigenvalue weighted by Crippen LogP contribution is -2.41. The lowest BCUT2D eigenvalue weighted by Gasteiger charge is -2.25. The Kier molecular flexibility index (Phi) is 6.38. The number of anilines is 1. The van der Waals surface area contributed by atoms with Gasteiger partial charge in [-0.1, -0.05) is 45.0 Å². The van der Waals surface area contributed by atoms with E-state index < -0.39 is 6.10 Å². The van der Waals surface area contributed by atoms with Crippen molar-refractivity contribution in [3.63, 3.8) is 0 Å². The molecule has 1 aliphatic rings. The van der Waals surface area contributed by atoms with Crippen LogP contribution in [0.5, 0.6) is 5.75 Å². The molecule has 2 aromatic rings. The Balaban J connectivity index is 1.85. The van der Waals surface area contributed by atoms with Crippen molar-refractivity contribution in [2.24, 2.45) is 0 Å². The molecule has 3 atom stereocenters. The molecule has 0 radical (unpaired) electrons. The number of nitrogens with one attached hydrogen (secondary N) is 2. The molecule has 3 N–H and O–H groups in total. The van der Waals surface area contributed by atoms with Crippen LogP contribution >= 0.6 is 0 Å². The molecule has 6 nitrogen and oxygen atoms in total. The first kappa shape index (κ1) is 22.1. The van der Waals surface area contributed by atoms with E-state index in [0.717, 1.165) is 11.1 Å². The number of carbonyl (C=O) groups excluding carboxylic acids is 1. The molecular formula is C24H32N2O4. The number of fused-ring (bicyclic) bond motifs is 1. The smallest absolute Gasteiger partial charge is 0.319 e. The maximum Gasteiger partial charge on any atom is 0.319 e. The van der Waals surface area contributed by atoms with E-state index in [9.17, 15) is 9.90 Å². The van der Waals surface area contributed by atoms with Crippen molar-refractivity contribution >= 4 is 11.7 Å².